The lowest BCUT2D eigenvalue weighted by molar-refractivity contribution is -0.302. The van der Waals surface area contributed by atoms with Gasteiger partial charge in [-0.3, -0.25) is 9.59 Å². The summed E-state index contributed by atoms with van der Waals surface area (Å²) >= 11 is 0. The number of halogens is 2. The van der Waals surface area contributed by atoms with E-state index in [-0.39, 0.29) is 68.8 Å². The van der Waals surface area contributed by atoms with Crippen LogP contribution in [0.25, 0.3) is 0 Å². The Balaban J connectivity index is 1.15. The zero-order chi connectivity index (χ0) is 62.0. The number of methoxy groups -OCH3 is 1. The fourth-order valence-corrected chi connectivity index (χ4v) is 20.6. The largest absolute Gasteiger partial charge is 0.459 e. The molecule has 478 valence electrons. The number of benzene rings is 2. The number of carbonyl (C=O) groups excluding carboxylic acids is 2. The fraction of sp³-hybridized carbons (Fsp3) is 0.791. The van der Waals surface area contributed by atoms with Crippen molar-refractivity contribution in [3.63, 3.8) is 0 Å². The van der Waals surface area contributed by atoms with E-state index in [1.165, 1.54) is 24.6 Å². The molecule has 0 bridgehead atoms. The van der Waals surface area contributed by atoms with Crippen molar-refractivity contribution in [1.82, 2.24) is 9.80 Å². The summed E-state index contributed by atoms with van der Waals surface area (Å²) in [6.07, 6.45) is 3.13. The highest BCUT2D eigenvalue weighted by atomic mass is 31.2. The third-order valence-corrected chi connectivity index (χ3v) is 25.5. The summed E-state index contributed by atoms with van der Waals surface area (Å²) in [4.78, 5) is 33.0. The molecule has 5 N–H and O–H groups in total. The Morgan fingerprint density at radius 1 is 0.786 bits per heavy atom. The molecule has 18 atom stereocenters. The summed E-state index contributed by atoms with van der Waals surface area (Å²) in [6, 6.07) is 20.1. The van der Waals surface area contributed by atoms with Crippen LogP contribution < -0.4 is 10.6 Å². The molecule has 3 saturated heterocycles. The predicted octanol–water partition coefficient (Wildman–Crippen LogP) is 10.2. The maximum Gasteiger partial charge on any atom is 0.309 e. The van der Waals surface area contributed by atoms with Crippen LogP contribution in [0.4, 0.5) is 8.78 Å². The van der Waals surface area contributed by atoms with E-state index in [1.807, 2.05) is 51.9 Å². The number of nitrogens with zero attached hydrogens (tertiary/aromatic N) is 2. The fourth-order valence-electron chi connectivity index (χ4n) is 15.3. The van der Waals surface area contributed by atoms with Crippen molar-refractivity contribution in [3.8, 4) is 0 Å². The van der Waals surface area contributed by atoms with Gasteiger partial charge >= 0.3 is 5.97 Å². The molecule has 6 rings (SSSR count). The lowest BCUT2D eigenvalue weighted by Gasteiger charge is -2.51. The number of hydrogen-bond acceptors (Lipinski definition) is 13. The van der Waals surface area contributed by atoms with Crippen molar-refractivity contribution < 1.29 is 67.6 Å². The van der Waals surface area contributed by atoms with Crippen LogP contribution in [0, 0.1) is 23.7 Å². The van der Waals surface area contributed by atoms with Gasteiger partial charge in [0.15, 0.2) is 6.29 Å². The normalized spacial score (nSPS) is 37.1. The van der Waals surface area contributed by atoms with E-state index >= 15 is 0 Å². The highest BCUT2D eigenvalue weighted by molar-refractivity contribution is 7.90. The Hall–Kier alpha value is -2.73. The number of hydrogen-bond donors (Lipinski definition) is 5. The lowest BCUT2D eigenvalue weighted by Crippen LogP contribution is -2.61. The van der Waals surface area contributed by atoms with Gasteiger partial charge in [-0.05, 0) is 143 Å². The molecule has 1 unspecified atom stereocenters. The number of rotatable bonds is 21. The number of esters is 1. The molecule has 1 amide bonds. The Morgan fingerprint density at radius 2 is 1.33 bits per heavy atom. The van der Waals surface area contributed by atoms with Crippen molar-refractivity contribution in [2.45, 2.75) is 280 Å². The third-order valence-electron chi connectivity index (χ3n) is 20.2. The van der Waals surface area contributed by atoms with E-state index in [9.17, 15) is 43.9 Å². The van der Waals surface area contributed by atoms with Gasteiger partial charge in [0.05, 0.1) is 77.3 Å². The molecule has 17 heteroatoms. The highest BCUT2D eigenvalue weighted by Crippen LogP contribution is 2.65. The minimum Gasteiger partial charge on any atom is -0.459 e. The smallest absolute Gasteiger partial charge is 0.309 e. The van der Waals surface area contributed by atoms with Gasteiger partial charge in [-0.2, -0.15) is 0 Å². The first-order chi connectivity index (χ1) is 39.5. The molecule has 3 heterocycles. The molecule has 1 aliphatic carbocycles. The van der Waals surface area contributed by atoms with E-state index in [0.717, 1.165) is 57.5 Å². The molecule has 2 aromatic rings. The molecule has 2 aromatic carbocycles. The zero-order valence-electron chi connectivity index (χ0n) is 53.3. The minimum atomic E-state index is -2.58. The van der Waals surface area contributed by atoms with Crippen molar-refractivity contribution >= 4 is 29.7 Å². The van der Waals surface area contributed by atoms with Gasteiger partial charge in [0.1, 0.15) is 30.0 Å². The van der Waals surface area contributed by atoms with Crippen molar-refractivity contribution in [2.24, 2.45) is 23.7 Å². The van der Waals surface area contributed by atoms with Gasteiger partial charge in [-0.15, -0.1) is 0 Å². The van der Waals surface area contributed by atoms with Crippen LogP contribution in [-0.2, 0) is 33.3 Å². The van der Waals surface area contributed by atoms with Gasteiger partial charge < -0.3 is 59.0 Å². The lowest BCUT2D eigenvalue weighted by atomic mass is 9.68. The van der Waals surface area contributed by atoms with Crippen LogP contribution in [0.5, 0.6) is 0 Å². The summed E-state index contributed by atoms with van der Waals surface area (Å²) in [7, 11) is 3.34. The molecule has 0 aromatic heterocycles. The van der Waals surface area contributed by atoms with Crippen LogP contribution in [0.1, 0.15) is 185 Å². The van der Waals surface area contributed by atoms with Crippen molar-refractivity contribution in [2.75, 3.05) is 33.9 Å². The maximum absolute atomic E-state index is 14.8. The predicted molar refractivity (Wildman–Crippen MR) is 329 cm³/mol. The van der Waals surface area contributed by atoms with Crippen LogP contribution >= 0.6 is 7.26 Å². The van der Waals surface area contributed by atoms with E-state index in [1.54, 1.807) is 46.4 Å². The van der Waals surface area contributed by atoms with Gasteiger partial charge in [0, 0.05) is 51.3 Å². The van der Waals surface area contributed by atoms with Crippen LogP contribution in [0.15, 0.2) is 60.7 Å². The summed E-state index contributed by atoms with van der Waals surface area (Å²) in [6.45, 7) is 17.7. The summed E-state index contributed by atoms with van der Waals surface area (Å²) in [5.74, 6) is -6.31. The number of alkyl halides is 2. The molecule has 4 aliphatic rings. The first kappa shape index (κ1) is 70.4. The van der Waals surface area contributed by atoms with Crippen molar-refractivity contribution in [3.05, 3.63) is 60.7 Å². The number of aliphatic hydroxyl groups is 5. The zero-order valence-corrected chi connectivity index (χ0v) is 54.2. The average molecular weight is 1200 g/mol. The number of ether oxygens (including phenoxy) is 5. The number of cyclic esters (lactones) is 1. The summed E-state index contributed by atoms with van der Waals surface area (Å²) in [5, 5.41) is 63.6. The molecule has 1 saturated carbocycles. The summed E-state index contributed by atoms with van der Waals surface area (Å²) in [5.41, 5.74) is -4.53. The first-order valence-corrected chi connectivity index (χ1v) is 34.1. The molecular formula is C67H110F2N2O12P+. The van der Waals surface area contributed by atoms with Crippen LogP contribution in [0.2, 0.25) is 0 Å². The molecule has 14 nitrogen and oxygen atoms in total. The van der Waals surface area contributed by atoms with E-state index in [2.05, 4.69) is 48.5 Å². The minimum absolute atomic E-state index is 0.0416. The Morgan fingerprint density at radius 3 is 1.87 bits per heavy atom. The Labute approximate surface area is 503 Å². The van der Waals surface area contributed by atoms with Gasteiger partial charge in [-0.25, -0.2) is 8.78 Å². The molecule has 4 fully saturated rings. The third kappa shape index (κ3) is 16.9. The molecule has 0 radical (unpaired) electrons. The number of likely N-dealkylation sites (N-methyl/N-ethyl adjacent to an activating group) is 1. The molecule has 3 aliphatic heterocycles. The second kappa shape index (κ2) is 30.7. The van der Waals surface area contributed by atoms with Gasteiger partial charge in [0.25, 0.3) is 0 Å². The Bertz CT molecular complexity index is 2270. The SMILES string of the molecule is CC[C@H]1OC(=O)[C@H](C)[C@@H](C2C[C@@](C)(OC)[C@@H](O)[C@H](C)O2)[C@H](C)[C@@H](O[C@@H]2O[C@H](C)C[C@H](N(C)C)[C@H]2O)[C@](C)(O)C[C@@H](C)CN(C(=O)CCCCCCCCCCC[P+](c2ccccc2)(c2ccccc2)C2CCC(F)(F)CC2)[C@H](C)[C@@H](O)[C@]1(C)O. The molecule has 0 spiro atoms. The maximum atomic E-state index is 14.8. The molecular weight excluding hydrogens is 1090 g/mol. The van der Waals surface area contributed by atoms with Gasteiger partial charge in [0.2, 0.25) is 11.8 Å². The second-order valence-electron chi connectivity index (χ2n) is 27.1. The highest BCUT2D eigenvalue weighted by Gasteiger charge is 2.56. The van der Waals surface area contributed by atoms with Gasteiger partial charge in [-0.1, -0.05) is 103 Å². The monoisotopic (exact) mass is 1200 g/mol. The second-order valence-corrected chi connectivity index (χ2v) is 31.1. The average Bonchev–Trinajstić information content (AvgIpc) is 1.98. The standard InChI is InChI=1S/C67H110F2N2O12P/c1-14-55-66(10,78)59(74)48(6)71(56(72)34-28-20-18-16-15-17-19-21-29-39-84(50-30-24-22-25-31-50,51-32-26-23-27-33-51)52-35-37-67(68,69)38-36-52)43-44(2)41-64(8,77)61(83-63-58(73)53(70(11)12)40-45(3)80-63)46(4)57(47(5)62(76)82-55)54-42-65(9,79-13)60(75)49(7)81-54/h22-27,30-33,44-49,52-55,57-61,63,73-75,77-78H,14-21,28-29,34-43H2,1-13H3/q+1/t44-,45-,46+,47-,48-,49+,53+,54?,55-,57+,58-,59-,60+,61-,63+,64-,65-,66-/m1/s1. The first-order valence-electron chi connectivity index (χ1n) is 32.1. The Kier molecular flexibility index (Phi) is 25.7. The van der Waals surface area contributed by atoms with E-state index in [0.29, 0.717) is 25.7 Å². The van der Waals surface area contributed by atoms with Crippen molar-refractivity contribution in [1.29, 1.82) is 0 Å². The van der Waals surface area contributed by atoms with Crippen LogP contribution in [0.3, 0.4) is 0 Å². The van der Waals surface area contributed by atoms with E-state index < -0.39 is 115 Å². The topological polar surface area (TPSA) is 188 Å². The van der Waals surface area contributed by atoms with Crippen LogP contribution in [-0.4, -0.2) is 177 Å². The number of aliphatic hydroxyl groups excluding tert-OH is 3. The summed E-state index contributed by atoms with van der Waals surface area (Å²) < 4.78 is 61.3. The van der Waals surface area contributed by atoms with E-state index in [4.69, 9.17) is 23.7 Å². The molecule has 84 heavy (non-hydrogen) atoms. The number of carbonyl (C=O) groups is 2. The number of amides is 1. The quantitative estimate of drug-likeness (QED) is 0.0452. The number of unbranched alkanes of at least 4 members (excludes halogenated alkanes) is 8.